The van der Waals surface area contributed by atoms with Crippen LogP contribution >= 0.6 is 0 Å². The zero-order valence-electron chi connectivity index (χ0n) is 14.7. The van der Waals surface area contributed by atoms with E-state index in [4.69, 9.17) is 4.98 Å². The molecule has 0 bridgehead atoms. The number of H-pyrrole nitrogens is 1. The first kappa shape index (κ1) is 15.9. The molecule has 3 aromatic rings. The topological polar surface area (TPSA) is 112 Å². The average Bonchev–Trinajstić information content (AvgIpc) is 3.23. The summed E-state index contributed by atoms with van der Waals surface area (Å²) >= 11 is 0. The molecule has 136 valence electrons. The van der Waals surface area contributed by atoms with Crippen LogP contribution in [0, 0.1) is 6.92 Å². The van der Waals surface area contributed by atoms with Crippen molar-refractivity contribution >= 4 is 17.5 Å². The van der Waals surface area contributed by atoms with Crippen LogP contribution in [0.15, 0.2) is 30.7 Å². The van der Waals surface area contributed by atoms with Crippen molar-refractivity contribution in [3.63, 3.8) is 0 Å². The molecule has 0 saturated carbocycles. The predicted molar refractivity (Wildman–Crippen MR) is 100 cm³/mol. The maximum atomic E-state index is 12.3. The average molecular weight is 362 g/mol. The molecule has 1 unspecified atom stereocenters. The van der Waals surface area contributed by atoms with Crippen LogP contribution in [0.3, 0.4) is 0 Å². The Bertz CT molecular complexity index is 1020. The number of aromatic amines is 1. The Balaban J connectivity index is 1.54. The van der Waals surface area contributed by atoms with Gasteiger partial charge in [0.15, 0.2) is 17.5 Å². The van der Waals surface area contributed by atoms with Crippen LogP contribution in [0.4, 0.5) is 11.6 Å². The second-order valence-electron chi connectivity index (χ2n) is 6.69. The molecule has 9 heteroatoms. The summed E-state index contributed by atoms with van der Waals surface area (Å²) < 4.78 is 0. The van der Waals surface area contributed by atoms with Crippen molar-refractivity contribution in [2.24, 2.45) is 0 Å². The standard InChI is InChI=1S/C18H18N8O/c1-10-6-11(15-21-9-22-25-15)2-3-12(10)13-7-20-16-17(23-13)26-5-4-19-8-14(26)18(27)24-16/h2-3,6-7,9,14,19H,4-5,8H2,1H3,(H,20,24,27)(H,21,22,25). The maximum Gasteiger partial charge on any atom is 0.249 e. The van der Waals surface area contributed by atoms with E-state index in [1.165, 1.54) is 6.33 Å². The summed E-state index contributed by atoms with van der Waals surface area (Å²) in [4.78, 5) is 27.8. The van der Waals surface area contributed by atoms with Gasteiger partial charge in [-0.05, 0) is 18.6 Å². The Hall–Kier alpha value is -3.33. The summed E-state index contributed by atoms with van der Waals surface area (Å²) in [6, 6.07) is 5.80. The second-order valence-corrected chi connectivity index (χ2v) is 6.69. The molecule has 1 aromatic carbocycles. The van der Waals surface area contributed by atoms with Crippen LogP contribution in [-0.2, 0) is 4.79 Å². The molecule has 0 aliphatic carbocycles. The Morgan fingerprint density at radius 3 is 3.00 bits per heavy atom. The monoisotopic (exact) mass is 362 g/mol. The van der Waals surface area contributed by atoms with Crippen molar-refractivity contribution in [2.75, 3.05) is 29.9 Å². The number of aromatic nitrogens is 5. The van der Waals surface area contributed by atoms with Crippen molar-refractivity contribution < 1.29 is 4.79 Å². The number of carbonyl (C=O) groups excluding carboxylic acids is 1. The Kier molecular flexibility index (Phi) is 3.61. The molecule has 4 heterocycles. The van der Waals surface area contributed by atoms with Crippen LogP contribution in [0.5, 0.6) is 0 Å². The number of aryl methyl sites for hydroxylation is 1. The zero-order valence-corrected chi connectivity index (χ0v) is 14.7. The van der Waals surface area contributed by atoms with E-state index >= 15 is 0 Å². The number of hydrogen-bond acceptors (Lipinski definition) is 7. The number of anilines is 2. The lowest BCUT2D eigenvalue weighted by molar-refractivity contribution is -0.117. The van der Waals surface area contributed by atoms with Crippen LogP contribution < -0.4 is 15.5 Å². The molecule has 1 fully saturated rings. The minimum absolute atomic E-state index is 0.0376. The van der Waals surface area contributed by atoms with Crippen LogP contribution in [0.1, 0.15) is 5.56 Å². The molecule has 2 aromatic heterocycles. The highest BCUT2D eigenvalue weighted by Gasteiger charge is 2.36. The highest BCUT2D eigenvalue weighted by atomic mass is 16.2. The van der Waals surface area contributed by atoms with Crippen molar-refractivity contribution in [2.45, 2.75) is 13.0 Å². The van der Waals surface area contributed by atoms with Gasteiger partial charge in [0, 0.05) is 30.8 Å². The van der Waals surface area contributed by atoms with Crippen molar-refractivity contribution in [1.82, 2.24) is 30.5 Å². The molecule has 3 N–H and O–H groups in total. The van der Waals surface area contributed by atoms with Gasteiger partial charge in [-0.2, -0.15) is 5.10 Å². The number of nitrogens with zero attached hydrogens (tertiary/aromatic N) is 5. The summed E-state index contributed by atoms with van der Waals surface area (Å²) in [6.45, 7) is 4.19. The van der Waals surface area contributed by atoms with Gasteiger partial charge in [0.05, 0.1) is 11.9 Å². The van der Waals surface area contributed by atoms with Gasteiger partial charge in [-0.15, -0.1) is 0 Å². The van der Waals surface area contributed by atoms with Crippen molar-refractivity contribution in [1.29, 1.82) is 0 Å². The molecule has 1 amide bonds. The van der Waals surface area contributed by atoms with Gasteiger partial charge in [-0.3, -0.25) is 9.89 Å². The Morgan fingerprint density at radius 1 is 1.26 bits per heavy atom. The highest BCUT2D eigenvalue weighted by Crippen LogP contribution is 2.33. The van der Waals surface area contributed by atoms with E-state index < -0.39 is 0 Å². The molecule has 1 atom stereocenters. The first-order chi connectivity index (χ1) is 13.2. The number of hydrogen-bond donors (Lipinski definition) is 3. The number of nitrogens with one attached hydrogen (secondary N) is 3. The molecule has 5 rings (SSSR count). The molecule has 2 aliphatic rings. The van der Waals surface area contributed by atoms with Crippen molar-refractivity contribution in [3.05, 3.63) is 36.3 Å². The van der Waals surface area contributed by atoms with Gasteiger partial charge in [0.25, 0.3) is 0 Å². The first-order valence-electron chi connectivity index (χ1n) is 8.83. The van der Waals surface area contributed by atoms with E-state index in [0.29, 0.717) is 12.4 Å². The van der Waals surface area contributed by atoms with E-state index in [1.54, 1.807) is 6.20 Å². The molecule has 1 saturated heterocycles. The third-order valence-corrected chi connectivity index (χ3v) is 5.00. The van der Waals surface area contributed by atoms with E-state index in [2.05, 4.69) is 30.8 Å². The fraction of sp³-hybridized carbons (Fsp3) is 0.278. The number of fused-ring (bicyclic) bond motifs is 3. The lowest BCUT2D eigenvalue weighted by Crippen LogP contribution is -2.59. The molecular formula is C18H18N8O. The lowest BCUT2D eigenvalue weighted by Gasteiger charge is -2.39. The fourth-order valence-electron chi connectivity index (χ4n) is 3.63. The van der Waals surface area contributed by atoms with Crippen LogP contribution in [0.25, 0.3) is 22.6 Å². The van der Waals surface area contributed by atoms with Crippen LogP contribution in [-0.4, -0.2) is 56.7 Å². The van der Waals surface area contributed by atoms with E-state index in [1.807, 2.05) is 30.0 Å². The molecule has 0 radical (unpaired) electrons. The van der Waals surface area contributed by atoms with Gasteiger partial charge >= 0.3 is 0 Å². The van der Waals surface area contributed by atoms with E-state index in [-0.39, 0.29) is 11.9 Å². The Labute approximate surface area is 155 Å². The summed E-state index contributed by atoms with van der Waals surface area (Å²) in [7, 11) is 0. The minimum atomic E-state index is -0.245. The quantitative estimate of drug-likeness (QED) is 0.623. The fourth-order valence-corrected chi connectivity index (χ4v) is 3.63. The Morgan fingerprint density at radius 2 is 2.19 bits per heavy atom. The third-order valence-electron chi connectivity index (χ3n) is 5.00. The molecule has 2 aliphatic heterocycles. The number of amides is 1. The highest BCUT2D eigenvalue weighted by molar-refractivity contribution is 6.02. The van der Waals surface area contributed by atoms with Gasteiger partial charge in [0.1, 0.15) is 12.4 Å². The molecule has 0 spiro atoms. The van der Waals surface area contributed by atoms with E-state index in [9.17, 15) is 4.79 Å². The third kappa shape index (κ3) is 2.63. The first-order valence-corrected chi connectivity index (χ1v) is 8.83. The van der Waals surface area contributed by atoms with Gasteiger partial charge in [-0.25, -0.2) is 15.0 Å². The number of carbonyl (C=O) groups is 1. The SMILES string of the molecule is Cc1cc(-c2ncn[nH]2)ccc1-c1cnc2c(n1)N1CCNCC1C(=O)N2. The molecule has 9 nitrogen and oxygen atoms in total. The number of rotatable bonds is 2. The van der Waals surface area contributed by atoms with Gasteiger partial charge in [-0.1, -0.05) is 12.1 Å². The smallest absolute Gasteiger partial charge is 0.249 e. The zero-order chi connectivity index (χ0) is 18.4. The molecule has 27 heavy (non-hydrogen) atoms. The van der Waals surface area contributed by atoms with Crippen LogP contribution in [0.2, 0.25) is 0 Å². The summed E-state index contributed by atoms with van der Waals surface area (Å²) in [5.41, 5.74) is 3.81. The summed E-state index contributed by atoms with van der Waals surface area (Å²) in [5, 5.41) is 12.9. The normalized spacial score (nSPS) is 18.6. The number of piperazine rings is 1. The lowest BCUT2D eigenvalue weighted by atomic mass is 10.0. The van der Waals surface area contributed by atoms with Gasteiger partial charge < -0.3 is 15.5 Å². The maximum absolute atomic E-state index is 12.3. The predicted octanol–water partition coefficient (Wildman–Crippen LogP) is 0.967. The van der Waals surface area contributed by atoms with Crippen molar-refractivity contribution in [3.8, 4) is 22.6 Å². The number of benzene rings is 1. The van der Waals surface area contributed by atoms with Gasteiger partial charge in [0.2, 0.25) is 5.91 Å². The summed E-state index contributed by atoms with van der Waals surface area (Å²) in [6.07, 6.45) is 3.20. The summed E-state index contributed by atoms with van der Waals surface area (Å²) in [5.74, 6) is 1.95. The minimum Gasteiger partial charge on any atom is -0.339 e. The molecular weight excluding hydrogens is 344 g/mol. The second kappa shape index (κ2) is 6.13. The largest absolute Gasteiger partial charge is 0.339 e. The van der Waals surface area contributed by atoms with E-state index in [0.717, 1.165) is 47.1 Å².